The van der Waals surface area contributed by atoms with Crippen LogP contribution in [0.3, 0.4) is 0 Å². The van der Waals surface area contributed by atoms with Gasteiger partial charge in [-0.25, -0.2) is 0 Å². The molecule has 6 nitrogen and oxygen atoms in total. The second-order valence-electron chi connectivity index (χ2n) is 1.53. The fourth-order valence-corrected chi connectivity index (χ4v) is 0.303. The molecule has 4 atom stereocenters. The van der Waals surface area contributed by atoms with E-state index in [9.17, 15) is 9.90 Å². The maximum atomic E-state index is 11.2. The minimum absolute atomic E-state index is 2.27. The first-order valence-electron chi connectivity index (χ1n) is 7.63. The molecule has 0 spiro atoms. The van der Waals surface area contributed by atoms with E-state index < -0.39 is 37.1 Å². The van der Waals surface area contributed by atoms with Gasteiger partial charge < -0.3 is 30.3 Å². The summed E-state index contributed by atoms with van der Waals surface area (Å²) in [6.45, 7) is -4.03. The van der Waals surface area contributed by atoms with E-state index in [1.807, 2.05) is 0 Å². The lowest BCUT2D eigenvalue weighted by Crippen LogP contribution is -2.46. The van der Waals surface area contributed by atoms with Crippen LogP contribution in [0.25, 0.3) is 0 Å². The van der Waals surface area contributed by atoms with Crippen molar-refractivity contribution in [1.29, 1.82) is 5.72 Å². The monoisotopic (exact) mass is 191 g/mol. The summed E-state index contributed by atoms with van der Waals surface area (Å²) in [4.78, 5) is 11.2. The Morgan fingerprint density at radius 1 is 1.50 bits per heavy atom. The van der Waals surface area contributed by atoms with Crippen LogP contribution in [0, 0.1) is 0 Å². The largest absolute Gasteiger partial charge is 0.394 e. The van der Waals surface area contributed by atoms with Crippen LogP contribution in [0.4, 0.5) is 0 Å². The maximum Gasteiger partial charge on any atom is 0.211 e. The van der Waals surface area contributed by atoms with E-state index in [1.54, 1.807) is 0 Å². The second kappa shape index (κ2) is 5.18. The molecule has 6 heteroatoms. The predicted molar refractivity (Wildman–Crippen MR) is 37.2 cm³/mol. The molecule has 0 aliphatic rings. The Labute approximate surface area is 84.5 Å². The molecule has 12 heavy (non-hydrogen) atoms. The van der Waals surface area contributed by atoms with Gasteiger partial charge in [0.1, 0.15) is 25.7 Å². The highest BCUT2D eigenvalue weighted by molar-refractivity contribution is 5.56. The van der Waals surface area contributed by atoms with Crippen LogP contribution in [0.15, 0.2) is 0 Å². The fraction of sp³-hybridized carbons (Fsp3) is 0.833. The molecule has 0 fully saturated rings. The molecule has 72 valence electrons. The highest BCUT2D eigenvalue weighted by Crippen LogP contribution is 2.02. The Hall–Kier alpha value is -0.530. The lowest BCUT2D eigenvalue weighted by Gasteiger charge is -2.22. The quantitative estimate of drug-likeness (QED) is 0.243. The van der Waals surface area contributed by atoms with Gasteiger partial charge in [-0.05, 0) is 0 Å². The first kappa shape index (κ1) is 2.73. The summed E-state index contributed by atoms with van der Waals surface area (Å²) in [5, 5.41) is 23.5. The Morgan fingerprint density at radius 2 is 2.25 bits per heavy atom. The van der Waals surface area contributed by atoms with Crippen LogP contribution in [0.2, 0.25) is 0 Å². The van der Waals surface area contributed by atoms with Gasteiger partial charge in [-0.15, -0.1) is 0 Å². The average molecular weight is 191 g/mol. The van der Waals surface area contributed by atoms with Gasteiger partial charge in [-0.2, -0.15) is 0 Å². The van der Waals surface area contributed by atoms with Crippen molar-refractivity contribution in [3.8, 4) is 0 Å². The van der Waals surface area contributed by atoms with Crippen molar-refractivity contribution in [2.45, 2.75) is 24.3 Å². The van der Waals surface area contributed by atoms with Gasteiger partial charge in [0.2, 0.25) is 5.72 Å². The third-order valence-electron chi connectivity index (χ3n) is 0.813. The number of carbonyl (C=O) groups is 1. The molecule has 0 saturated heterocycles. The molecule has 0 aromatic carbocycles. The molecule has 0 aliphatic heterocycles. The number of aldehydes is 1. The van der Waals surface area contributed by atoms with Crippen LogP contribution in [0.1, 0.15) is 9.60 Å². The molecule has 0 rings (SSSR count). The minimum atomic E-state index is -4.17. The summed E-state index contributed by atoms with van der Waals surface area (Å²) in [6.07, 6.45) is -18.6. The Morgan fingerprint density at radius 3 is 2.58 bits per heavy atom. The first-order chi connectivity index (χ1) is 10.2. The van der Waals surface area contributed by atoms with E-state index in [0.29, 0.717) is 0 Å². The summed E-state index contributed by atoms with van der Waals surface area (Å²) < 4.78 is 77.8. The fourth-order valence-electron chi connectivity index (χ4n) is 0.303. The van der Waals surface area contributed by atoms with E-state index >= 15 is 0 Å². The van der Waals surface area contributed by atoms with Crippen molar-refractivity contribution in [2.24, 2.45) is 0 Å². The summed E-state index contributed by atoms with van der Waals surface area (Å²) in [7, 11) is 0. The molecule has 5 N–H and O–H groups in total. The Balaban J connectivity index is 6.72. The Kier molecular flexibility index (Phi) is 1.18. The van der Waals surface area contributed by atoms with Crippen molar-refractivity contribution < 1.29 is 39.9 Å². The molecule has 0 aromatic rings. The van der Waals surface area contributed by atoms with Crippen molar-refractivity contribution in [3.05, 3.63) is 0 Å². The van der Waals surface area contributed by atoms with E-state index in [1.165, 1.54) is 0 Å². The molecule has 0 unspecified atom stereocenters. The number of hydrogen-bond acceptors (Lipinski definition) is 6. The lowest BCUT2D eigenvalue weighted by atomic mass is 10.0. The predicted octanol–water partition coefficient (Wildman–Crippen LogP) is -3.38. The highest BCUT2D eigenvalue weighted by atomic mass is 16.4. The maximum absolute atomic E-state index is 11.2. The smallest absolute Gasteiger partial charge is 0.211 e. The van der Waals surface area contributed by atoms with Crippen LogP contribution in [-0.4, -0.2) is 68.4 Å². The zero-order chi connectivity index (χ0) is 18.9. The van der Waals surface area contributed by atoms with Crippen molar-refractivity contribution in [1.82, 2.24) is 0 Å². The number of hydrogen-bond donors (Lipinski definition) is 5. The highest BCUT2D eigenvalue weighted by Gasteiger charge is 2.29. The van der Waals surface area contributed by atoms with Gasteiger partial charge in [0.15, 0.2) is 6.26 Å². The SMILES string of the molecule is [2H]O[C@@]([2H])([C@]([2H])(O[2H])[C@]([2H])(O[2H])C([2H])([2H])O)[C@@]([2H])(O[2H])C([2H])=O. The standard InChI is InChI=1S/C6H12O6/c7-1-3(9)5(11)6(12)4(10)2-8/h1,3-6,8-12H,2H2/t3-,4+,5+,6+/m0/s1/i1D,2D2,3D,4D,5D,6D,9D,10D,11D,12D. The summed E-state index contributed by atoms with van der Waals surface area (Å²) >= 11 is 0. The summed E-state index contributed by atoms with van der Waals surface area (Å²) in [6, 6.07) is 0. The third-order valence-corrected chi connectivity index (χ3v) is 0.813. The summed E-state index contributed by atoms with van der Waals surface area (Å²) in [5.41, 5.74) is 0. The molecule has 0 aromatic heterocycles. The van der Waals surface area contributed by atoms with Gasteiger partial charge >= 0.3 is 0 Å². The minimum Gasteiger partial charge on any atom is -0.394 e. The molecule has 0 saturated carbocycles. The van der Waals surface area contributed by atoms with Crippen molar-refractivity contribution in [3.63, 3.8) is 0 Å². The number of aliphatic hydroxyl groups is 5. The van der Waals surface area contributed by atoms with Gasteiger partial charge in [0.05, 0.1) is 14.8 Å². The zero-order valence-electron chi connectivity index (χ0n) is 16.5. The lowest BCUT2D eigenvalue weighted by molar-refractivity contribution is -0.136. The second-order valence-corrected chi connectivity index (χ2v) is 1.53. The van der Waals surface area contributed by atoms with E-state index in [0.717, 1.165) is 0 Å². The van der Waals surface area contributed by atoms with Crippen molar-refractivity contribution in [2.75, 3.05) is 6.56 Å². The van der Waals surface area contributed by atoms with E-state index in [2.05, 4.69) is 20.4 Å². The third kappa shape index (κ3) is 2.84. The molecule has 0 heterocycles. The van der Waals surface area contributed by atoms with Crippen LogP contribution < -0.4 is 0 Å². The summed E-state index contributed by atoms with van der Waals surface area (Å²) in [5.74, 6) is 0. The van der Waals surface area contributed by atoms with Gasteiger partial charge in [0, 0.05) is 0 Å². The van der Waals surface area contributed by atoms with Crippen molar-refractivity contribution >= 4 is 6.26 Å². The molecule has 0 radical (unpaired) electrons. The van der Waals surface area contributed by atoms with E-state index in [4.69, 9.17) is 15.3 Å². The van der Waals surface area contributed by atoms with E-state index in [-0.39, 0.29) is 0 Å². The number of rotatable bonds is 9. The first-order valence-corrected chi connectivity index (χ1v) is 2.49. The normalized spacial score (nSPS) is 45.6. The van der Waals surface area contributed by atoms with Crippen LogP contribution >= 0.6 is 0 Å². The van der Waals surface area contributed by atoms with Crippen LogP contribution in [0.5, 0.6) is 0 Å². The average Bonchev–Trinajstić information content (AvgIpc) is 2.49. The number of carbonyl (C=O) groups excluding carboxylic acids is 1. The topological polar surface area (TPSA) is 118 Å². The van der Waals surface area contributed by atoms with Gasteiger partial charge in [-0.1, -0.05) is 0 Å². The molecule has 0 bridgehead atoms. The molecule has 0 aliphatic carbocycles. The molecular formula is C6H12O6. The van der Waals surface area contributed by atoms with Crippen LogP contribution in [-0.2, 0) is 4.79 Å². The molecular weight excluding hydrogens is 168 g/mol. The van der Waals surface area contributed by atoms with Gasteiger partial charge in [-0.3, -0.25) is 0 Å². The molecule has 0 amide bonds. The van der Waals surface area contributed by atoms with Gasteiger partial charge in [0.25, 0.3) is 0 Å². The Bertz CT molecular complexity index is 447. The zero-order valence-corrected chi connectivity index (χ0v) is 5.49.